The first-order chi connectivity index (χ1) is 13.1. The number of rotatable bonds is 3. The van der Waals surface area contributed by atoms with Crippen molar-refractivity contribution < 1.29 is 13.6 Å². The molecule has 2 aromatic carbocycles. The highest BCUT2D eigenvalue weighted by Crippen LogP contribution is 2.29. The molecule has 6 heteroatoms. The number of amides is 1. The molecule has 4 rings (SSSR count). The number of benzene rings is 2. The summed E-state index contributed by atoms with van der Waals surface area (Å²) in [6.45, 7) is 3.28. The fourth-order valence-corrected chi connectivity index (χ4v) is 3.35. The van der Waals surface area contributed by atoms with Crippen LogP contribution in [0.1, 0.15) is 40.6 Å². The molecule has 1 fully saturated rings. The molecule has 0 bridgehead atoms. The standard InChI is InChI=1S/C21H20FN3O2/c1-14-4-6-16(7-5-14)21(26)25-12-2-3-17(13-25)20-24-23-19(27-20)15-8-10-18(22)11-9-15/h4-11,17H,2-3,12-13H2,1H3. The number of aryl methyl sites for hydroxylation is 1. The van der Waals surface area contributed by atoms with E-state index < -0.39 is 0 Å². The Morgan fingerprint density at radius 1 is 1.11 bits per heavy atom. The van der Waals surface area contributed by atoms with Crippen molar-refractivity contribution in [1.29, 1.82) is 0 Å². The highest BCUT2D eigenvalue weighted by Gasteiger charge is 2.29. The Bertz CT molecular complexity index is 935. The molecule has 2 heterocycles. The maximum absolute atomic E-state index is 13.1. The van der Waals surface area contributed by atoms with Gasteiger partial charge in [-0.1, -0.05) is 17.7 Å². The maximum Gasteiger partial charge on any atom is 0.253 e. The van der Waals surface area contributed by atoms with Crippen molar-refractivity contribution in [2.45, 2.75) is 25.7 Å². The first kappa shape index (κ1) is 17.4. The lowest BCUT2D eigenvalue weighted by molar-refractivity contribution is 0.0698. The normalized spacial score (nSPS) is 17.1. The number of piperidine rings is 1. The van der Waals surface area contributed by atoms with Crippen molar-refractivity contribution in [2.75, 3.05) is 13.1 Å². The van der Waals surface area contributed by atoms with Crippen LogP contribution in [0.15, 0.2) is 52.9 Å². The van der Waals surface area contributed by atoms with Gasteiger partial charge < -0.3 is 9.32 Å². The van der Waals surface area contributed by atoms with Crippen LogP contribution in [-0.4, -0.2) is 34.1 Å². The number of hydrogen-bond donors (Lipinski definition) is 0. The molecule has 1 aliphatic heterocycles. The van der Waals surface area contributed by atoms with Crippen LogP contribution < -0.4 is 0 Å². The second kappa shape index (κ2) is 7.31. The Morgan fingerprint density at radius 2 is 1.85 bits per heavy atom. The number of nitrogens with zero attached hydrogens (tertiary/aromatic N) is 3. The quantitative estimate of drug-likeness (QED) is 0.698. The smallest absolute Gasteiger partial charge is 0.253 e. The van der Waals surface area contributed by atoms with Gasteiger partial charge in [0.1, 0.15) is 5.82 Å². The van der Waals surface area contributed by atoms with E-state index in [0.29, 0.717) is 29.5 Å². The molecule has 138 valence electrons. The number of aromatic nitrogens is 2. The summed E-state index contributed by atoms with van der Waals surface area (Å²) in [5.74, 6) is 0.617. The summed E-state index contributed by atoms with van der Waals surface area (Å²) < 4.78 is 18.9. The molecule has 27 heavy (non-hydrogen) atoms. The molecule has 1 amide bonds. The van der Waals surface area contributed by atoms with Crippen LogP contribution in [0.2, 0.25) is 0 Å². The molecule has 1 saturated heterocycles. The van der Waals surface area contributed by atoms with Crippen LogP contribution in [-0.2, 0) is 0 Å². The summed E-state index contributed by atoms with van der Waals surface area (Å²) in [6, 6.07) is 13.6. The molecule has 0 aliphatic carbocycles. The van der Waals surface area contributed by atoms with Crippen LogP contribution in [0.3, 0.4) is 0 Å². The predicted octanol–water partition coefficient (Wildman–Crippen LogP) is 4.20. The second-order valence-electron chi connectivity index (χ2n) is 6.91. The lowest BCUT2D eigenvalue weighted by Crippen LogP contribution is -2.39. The van der Waals surface area contributed by atoms with E-state index in [-0.39, 0.29) is 17.6 Å². The Hall–Kier alpha value is -3.02. The van der Waals surface area contributed by atoms with Crippen molar-refractivity contribution in [3.8, 4) is 11.5 Å². The average molecular weight is 365 g/mol. The van der Waals surface area contributed by atoms with Gasteiger partial charge in [-0.05, 0) is 56.2 Å². The van der Waals surface area contributed by atoms with E-state index in [1.807, 2.05) is 36.1 Å². The largest absolute Gasteiger partial charge is 0.420 e. The van der Waals surface area contributed by atoms with E-state index in [9.17, 15) is 9.18 Å². The lowest BCUT2D eigenvalue weighted by Gasteiger charge is -2.31. The molecular weight excluding hydrogens is 345 g/mol. The molecule has 3 aromatic rings. The van der Waals surface area contributed by atoms with Gasteiger partial charge in [-0.3, -0.25) is 4.79 Å². The lowest BCUT2D eigenvalue weighted by atomic mass is 9.97. The molecule has 1 aliphatic rings. The minimum absolute atomic E-state index is 0.00912. The Kier molecular flexibility index (Phi) is 4.71. The first-order valence-corrected chi connectivity index (χ1v) is 9.05. The second-order valence-corrected chi connectivity index (χ2v) is 6.91. The Morgan fingerprint density at radius 3 is 2.59 bits per heavy atom. The van der Waals surface area contributed by atoms with Crippen molar-refractivity contribution in [1.82, 2.24) is 15.1 Å². The zero-order chi connectivity index (χ0) is 18.8. The number of carbonyl (C=O) groups excluding carboxylic acids is 1. The van der Waals surface area contributed by atoms with Crippen molar-refractivity contribution in [2.24, 2.45) is 0 Å². The van der Waals surface area contributed by atoms with Crippen molar-refractivity contribution >= 4 is 5.91 Å². The average Bonchev–Trinajstić information content (AvgIpc) is 3.19. The first-order valence-electron chi connectivity index (χ1n) is 9.05. The summed E-state index contributed by atoms with van der Waals surface area (Å²) in [5, 5.41) is 8.25. The van der Waals surface area contributed by atoms with Crippen molar-refractivity contribution in [3.63, 3.8) is 0 Å². The summed E-state index contributed by atoms with van der Waals surface area (Å²) in [4.78, 5) is 14.6. The highest BCUT2D eigenvalue weighted by molar-refractivity contribution is 5.94. The van der Waals surface area contributed by atoms with Gasteiger partial charge in [0, 0.05) is 24.2 Å². The van der Waals surface area contributed by atoms with Gasteiger partial charge in [0.2, 0.25) is 11.8 Å². The van der Waals surface area contributed by atoms with Gasteiger partial charge in [0.25, 0.3) is 5.91 Å². The van der Waals surface area contributed by atoms with Crippen LogP contribution in [0.4, 0.5) is 4.39 Å². The van der Waals surface area contributed by atoms with Gasteiger partial charge >= 0.3 is 0 Å². The van der Waals surface area contributed by atoms with E-state index in [0.717, 1.165) is 24.9 Å². The molecule has 0 spiro atoms. The van der Waals surface area contributed by atoms with Gasteiger partial charge in [0.05, 0.1) is 5.92 Å². The molecule has 5 nitrogen and oxygen atoms in total. The van der Waals surface area contributed by atoms with Gasteiger partial charge in [0.15, 0.2) is 0 Å². The zero-order valence-corrected chi connectivity index (χ0v) is 15.1. The van der Waals surface area contributed by atoms with Crippen LogP contribution >= 0.6 is 0 Å². The van der Waals surface area contributed by atoms with E-state index in [1.165, 1.54) is 12.1 Å². The molecule has 1 unspecified atom stereocenters. The molecule has 0 radical (unpaired) electrons. The molecule has 1 aromatic heterocycles. The monoisotopic (exact) mass is 365 g/mol. The van der Waals surface area contributed by atoms with Crippen molar-refractivity contribution in [3.05, 3.63) is 71.4 Å². The van der Waals surface area contributed by atoms with Gasteiger partial charge in [-0.15, -0.1) is 10.2 Å². The molecule has 0 saturated carbocycles. The third kappa shape index (κ3) is 3.74. The molecule has 1 atom stereocenters. The maximum atomic E-state index is 13.1. The molecule has 0 N–H and O–H groups in total. The number of likely N-dealkylation sites (tertiary alicyclic amines) is 1. The van der Waals surface area contributed by atoms with Gasteiger partial charge in [-0.2, -0.15) is 0 Å². The van der Waals surface area contributed by atoms with E-state index in [2.05, 4.69) is 10.2 Å². The third-order valence-corrected chi connectivity index (χ3v) is 4.89. The van der Waals surface area contributed by atoms with Crippen LogP contribution in [0.25, 0.3) is 11.5 Å². The topological polar surface area (TPSA) is 59.2 Å². The number of carbonyl (C=O) groups is 1. The Labute approximate surface area is 156 Å². The highest BCUT2D eigenvalue weighted by atomic mass is 19.1. The third-order valence-electron chi connectivity index (χ3n) is 4.89. The SMILES string of the molecule is Cc1ccc(C(=O)N2CCCC(c3nnc(-c4ccc(F)cc4)o3)C2)cc1. The Balaban J connectivity index is 1.49. The van der Waals surface area contributed by atoms with Gasteiger partial charge in [-0.25, -0.2) is 4.39 Å². The van der Waals surface area contributed by atoms with Crippen LogP contribution in [0.5, 0.6) is 0 Å². The fourth-order valence-electron chi connectivity index (χ4n) is 3.35. The van der Waals surface area contributed by atoms with E-state index in [4.69, 9.17) is 4.42 Å². The summed E-state index contributed by atoms with van der Waals surface area (Å²) >= 11 is 0. The fraction of sp³-hybridized carbons (Fsp3) is 0.286. The summed E-state index contributed by atoms with van der Waals surface area (Å²) in [7, 11) is 0. The number of halogens is 1. The molecular formula is C21H20FN3O2. The van der Waals surface area contributed by atoms with Crippen LogP contribution in [0, 0.1) is 12.7 Å². The van der Waals surface area contributed by atoms with E-state index in [1.54, 1.807) is 12.1 Å². The minimum atomic E-state index is -0.309. The number of hydrogen-bond acceptors (Lipinski definition) is 4. The summed E-state index contributed by atoms with van der Waals surface area (Å²) in [6.07, 6.45) is 1.78. The summed E-state index contributed by atoms with van der Waals surface area (Å²) in [5.41, 5.74) is 2.50. The zero-order valence-electron chi connectivity index (χ0n) is 15.1. The predicted molar refractivity (Wildman–Crippen MR) is 98.7 cm³/mol. The van der Waals surface area contributed by atoms with E-state index >= 15 is 0 Å². The minimum Gasteiger partial charge on any atom is -0.420 e.